The molecule has 40 heteroatoms. The van der Waals surface area contributed by atoms with Crippen molar-refractivity contribution in [2.45, 2.75) is 174 Å². The van der Waals surface area contributed by atoms with E-state index >= 15 is 0 Å². The fourth-order valence-electron chi connectivity index (χ4n) is 10.9. The SMILES string of the molecule is COCCOCCOCCOCCOCCOCCOCCOCCOCCOCCC(=O)NCCCC[C@H](NC(=O)CCCNC(=O)[C@@H](NC(=O)CCN1C(=O)C=CC1=O)[C@@H](NC(=O)CCN1C(=O)C=CC1=O)C(=O)NCCCC(=O)O)C(=O)NCCCC(=O)Nc1cc(C[C@@H](C[C@H](C)C(=O)OC(C)(C)C)NC(=O)OC(C)(C)C)ccc1O. The minimum atomic E-state index is -1.97. The lowest BCUT2D eigenvalue weighted by molar-refractivity contribution is -0.160. The van der Waals surface area contributed by atoms with Crippen LogP contribution >= 0.6 is 0 Å². The maximum Gasteiger partial charge on any atom is 0.407 e. The molecule has 2 aliphatic rings. The molecule has 1 aromatic rings. The first-order chi connectivity index (χ1) is 56.7. The van der Waals surface area contributed by atoms with Crippen LogP contribution in [-0.2, 0) is 130 Å². The summed E-state index contributed by atoms with van der Waals surface area (Å²) in [5, 5.41) is 43.4. The van der Waals surface area contributed by atoms with Crippen molar-refractivity contribution >= 4 is 94.6 Å². The van der Waals surface area contributed by atoms with E-state index in [-0.39, 0.29) is 128 Å². The lowest BCUT2D eigenvalue weighted by Crippen LogP contribution is -2.64. The van der Waals surface area contributed by atoms with Crippen molar-refractivity contribution in [3.63, 3.8) is 0 Å². The third-order valence-electron chi connectivity index (χ3n) is 16.8. The predicted molar refractivity (Wildman–Crippen MR) is 425 cm³/mol. The average molecular weight is 1690 g/mol. The van der Waals surface area contributed by atoms with Gasteiger partial charge in [-0.1, -0.05) is 13.0 Å². The Balaban J connectivity index is 1.59. The summed E-state index contributed by atoms with van der Waals surface area (Å²) in [6.07, 6.45) is 2.03. The van der Waals surface area contributed by atoms with E-state index in [2.05, 4.69) is 47.9 Å². The van der Waals surface area contributed by atoms with Crippen LogP contribution in [0.5, 0.6) is 5.75 Å². The van der Waals surface area contributed by atoms with Crippen LogP contribution in [-0.4, -0.2) is 316 Å². The molecule has 0 saturated heterocycles. The lowest BCUT2D eigenvalue weighted by Gasteiger charge is -2.28. The summed E-state index contributed by atoms with van der Waals surface area (Å²) in [4.78, 5) is 197. The van der Waals surface area contributed by atoms with Gasteiger partial charge in [-0.05, 0) is 111 Å². The number of alkyl carbamates (subject to hydrolysis) is 1. The lowest BCUT2D eigenvalue weighted by atomic mass is 9.95. The van der Waals surface area contributed by atoms with Crippen LogP contribution in [0, 0.1) is 5.92 Å². The zero-order chi connectivity index (χ0) is 87.8. The highest BCUT2D eigenvalue weighted by molar-refractivity contribution is 6.13. The Hall–Kier alpha value is -9.65. The van der Waals surface area contributed by atoms with Crippen LogP contribution in [0.25, 0.3) is 0 Å². The second-order valence-electron chi connectivity index (χ2n) is 29.3. The number of hydrogen-bond donors (Lipinski definition) is 11. The number of carbonyl (C=O) groups excluding carboxylic acids is 14. The van der Waals surface area contributed by atoms with E-state index in [0.29, 0.717) is 124 Å². The van der Waals surface area contributed by atoms with Gasteiger partial charge in [0.1, 0.15) is 35.1 Å². The molecule has 13 amide bonds. The number of benzene rings is 1. The van der Waals surface area contributed by atoms with Gasteiger partial charge in [-0.25, -0.2) is 4.79 Å². The molecule has 2 aliphatic heterocycles. The number of carbonyl (C=O) groups is 15. The van der Waals surface area contributed by atoms with Gasteiger partial charge in [0.05, 0.1) is 137 Å². The summed E-state index contributed by atoms with van der Waals surface area (Å²) >= 11 is 0. The minimum Gasteiger partial charge on any atom is -0.506 e. The molecule has 5 atom stereocenters. The maximum atomic E-state index is 14.2. The molecule has 1 aromatic carbocycles. The van der Waals surface area contributed by atoms with E-state index in [0.717, 1.165) is 34.1 Å². The molecule has 0 radical (unpaired) electrons. The molecule has 0 aliphatic carbocycles. The van der Waals surface area contributed by atoms with Gasteiger partial charge in [-0.15, -0.1) is 0 Å². The van der Waals surface area contributed by atoms with Gasteiger partial charge in [-0.2, -0.15) is 0 Å². The highest BCUT2D eigenvalue weighted by Crippen LogP contribution is 2.27. The van der Waals surface area contributed by atoms with Crippen molar-refractivity contribution in [1.29, 1.82) is 0 Å². The number of unbranched alkanes of at least 4 members (excludes halogenated alkanes) is 1. The first kappa shape index (κ1) is 104. The van der Waals surface area contributed by atoms with E-state index in [9.17, 15) is 82.1 Å². The normalized spacial score (nSPS) is 13.9. The van der Waals surface area contributed by atoms with Crippen LogP contribution < -0.4 is 47.9 Å². The summed E-state index contributed by atoms with van der Waals surface area (Å²) in [7, 11) is 1.62. The van der Waals surface area contributed by atoms with E-state index in [1.807, 2.05) is 0 Å². The molecule has 670 valence electrons. The molecule has 0 unspecified atom stereocenters. The Morgan fingerprint density at radius 3 is 1.25 bits per heavy atom. The first-order valence-electron chi connectivity index (χ1n) is 40.0. The molecule has 0 saturated carbocycles. The molecule has 119 heavy (non-hydrogen) atoms. The standard InChI is InChI=1S/C79H125N11O29/c1-55(76(106)118-78(2,3)4)52-57(84-77(107)119-79(5,6)7)53-56-18-19-60(91)59(54-56)86-63(94)16-11-28-81-73(103)58(14-9-10-27-80-61(92)26-33-109-36-37-111-40-41-113-44-45-115-48-49-117-51-50-116-47-46-114-43-42-112-39-38-110-35-34-108-8)85-62(93)15-12-29-82-74(104)71(87-64(95)24-31-89-66(97)20-21-67(89)98)72(75(105)83-30-13-17-70(101)102)88-65(96)25-32-90-68(99)22-23-69(90)100/h18-23,54-55,57-58,71-72,91H,9-17,24-53H2,1-8H3,(H,80,92)(H,81,103)(H,82,104)(H,83,105)(H,84,107)(H,85,93)(H,86,94)(H,87,95)(H,88,96)(H,101,102)/t55-,57+,58-,71-,72+/m0/s1. The van der Waals surface area contributed by atoms with Gasteiger partial charge in [0.2, 0.25) is 47.3 Å². The number of aromatic hydroxyl groups is 1. The van der Waals surface area contributed by atoms with Gasteiger partial charge in [-0.3, -0.25) is 76.9 Å². The molecule has 0 spiro atoms. The van der Waals surface area contributed by atoms with Gasteiger partial charge < -0.3 is 115 Å². The van der Waals surface area contributed by atoms with E-state index in [1.165, 1.54) is 12.1 Å². The topological polar surface area (TPSA) is 522 Å². The van der Waals surface area contributed by atoms with E-state index in [4.69, 9.17) is 56.8 Å². The summed E-state index contributed by atoms with van der Waals surface area (Å²) in [6.45, 7) is 18.1. The van der Waals surface area contributed by atoms with Crippen molar-refractivity contribution in [3.8, 4) is 5.75 Å². The largest absolute Gasteiger partial charge is 0.506 e. The number of hydrogen-bond acceptors (Lipinski definition) is 28. The quantitative estimate of drug-likeness (QED) is 0.0183. The summed E-state index contributed by atoms with van der Waals surface area (Å²) < 4.78 is 65.3. The Labute approximate surface area is 694 Å². The second kappa shape index (κ2) is 59.9. The van der Waals surface area contributed by atoms with Crippen LogP contribution in [0.1, 0.15) is 138 Å². The first-order valence-corrected chi connectivity index (χ1v) is 40.0. The van der Waals surface area contributed by atoms with E-state index in [1.54, 1.807) is 61.6 Å². The van der Waals surface area contributed by atoms with Crippen molar-refractivity contribution in [2.24, 2.45) is 5.92 Å². The van der Waals surface area contributed by atoms with Gasteiger partial charge >= 0.3 is 18.0 Å². The number of phenolic OH excluding ortho intramolecular Hbond substituents is 1. The molecular formula is C79H125N11O29. The third kappa shape index (κ3) is 49.5. The number of imide groups is 2. The summed E-state index contributed by atoms with van der Waals surface area (Å²) in [5.41, 5.74) is -0.977. The fourth-order valence-corrected chi connectivity index (χ4v) is 10.9. The zero-order valence-electron chi connectivity index (χ0n) is 69.8. The highest BCUT2D eigenvalue weighted by Gasteiger charge is 2.38. The predicted octanol–water partition coefficient (Wildman–Crippen LogP) is 0.465. The number of carboxylic acids is 1. The molecule has 0 fully saturated rings. The van der Waals surface area contributed by atoms with Crippen molar-refractivity contribution in [3.05, 3.63) is 48.1 Å². The molecule has 2 heterocycles. The summed E-state index contributed by atoms with van der Waals surface area (Å²) in [5.74, 6) is -11.8. The smallest absolute Gasteiger partial charge is 0.407 e. The number of carboxylic acid groups (broad SMARTS) is 1. The number of nitrogens with one attached hydrogen (secondary N) is 9. The molecule has 0 aromatic heterocycles. The van der Waals surface area contributed by atoms with Gasteiger partial charge in [0, 0.05) is 115 Å². The second-order valence-corrected chi connectivity index (χ2v) is 29.3. The average Bonchev–Trinajstić information content (AvgIpc) is 1.81. The number of esters is 1. The van der Waals surface area contributed by atoms with Crippen molar-refractivity contribution in [2.75, 3.05) is 177 Å². The number of rotatable bonds is 67. The molecular weight excluding hydrogens is 1570 g/mol. The number of aliphatic carboxylic acids is 1. The minimum absolute atomic E-state index is 0.0373. The van der Waals surface area contributed by atoms with E-state index < -0.39 is 150 Å². The maximum absolute atomic E-state index is 14.2. The number of amides is 13. The summed E-state index contributed by atoms with van der Waals surface area (Å²) in [6, 6.07) is -1.29. The number of phenols is 1. The van der Waals surface area contributed by atoms with Crippen LogP contribution in [0.2, 0.25) is 0 Å². The Kier molecular flexibility index (Phi) is 52.1. The zero-order valence-corrected chi connectivity index (χ0v) is 69.8. The fraction of sp³-hybridized carbons (Fsp3) is 0.684. The van der Waals surface area contributed by atoms with Crippen LogP contribution in [0.4, 0.5) is 10.5 Å². The molecule has 40 nitrogen and oxygen atoms in total. The number of methoxy groups -OCH3 is 1. The Morgan fingerprint density at radius 1 is 0.429 bits per heavy atom. The Morgan fingerprint density at radius 2 is 0.824 bits per heavy atom. The highest BCUT2D eigenvalue weighted by atomic mass is 16.6. The number of nitrogens with zero attached hydrogens (tertiary/aromatic N) is 2. The number of anilines is 1. The van der Waals surface area contributed by atoms with Crippen molar-refractivity contribution in [1.82, 2.24) is 52.3 Å². The van der Waals surface area contributed by atoms with Crippen molar-refractivity contribution < 1.29 is 139 Å². The molecule has 11 N–H and O–H groups in total. The monoisotopic (exact) mass is 1690 g/mol. The van der Waals surface area contributed by atoms with Crippen LogP contribution in [0.15, 0.2) is 42.5 Å². The van der Waals surface area contributed by atoms with Gasteiger partial charge in [0.15, 0.2) is 0 Å². The van der Waals surface area contributed by atoms with Crippen LogP contribution in [0.3, 0.4) is 0 Å². The Bertz CT molecular complexity index is 3380. The molecule has 3 rings (SSSR count). The number of ether oxygens (including phenoxy) is 12. The van der Waals surface area contributed by atoms with Gasteiger partial charge in [0.25, 0.3) is 23.6 Å². The molecule has 0 bridgehead atoms. The third-order valence-corrected chi connectivity index (χ3v) is 16.8.